The van der Waals surface area contributed by atoms with E-state index >= 15 is 0 Å². The first-order valence-electron chi connectivity index (χ1n) is 6.94. The van der Waals surface area contributed by atoms with E-state index < -0.39 is 36.2 Å². The molecule has 9 heteroatoms. The van der Waals surface area contributed by atoms with Crippen molar-refractivity contribution in [1.82, 2.24) is 0 Å². The second-order valence-electron chi connectivity index (χ2n) is 5.06. The first-order valence-corrected chi connectivity index (χ1v) is 6.94. The summed E-state index contributed by atoms with van der Waals surface area (Å²) in [4.78, 5) is 23.3. The van der Waals surface area contributed by atoms with Gasteiger partial charge >= 0.3 is 12.3 Å². The third-order valence-corrected chi connectivity index (χ3v) is 3.47. The minimum atomic E-state index is -3.80. The number of aromatic carboxylic acids is 1. The number of carbonyl (C=O) groups is 2. The summed E-state index contributed by atoms with van der Waals surface area (Å²) in [5.41, 5.74) is -0.960. The third kappa shape index (κ3) is 3.26. The number of hydrogen-bond donors (Lipinski definition) is 2. The largest absolute Gasteiger partial charge is 0.535 e. The van der Waals surface area contributed by atoms with Gasteiger partial charge in [-0.3, -0.25) is 9.53 Å². The van der Waals surface area contributed by atoms with Gasteiger partial charge in [0.2, 0.25) is 0 Å². The fourth-order valence-corrected chi connectivity index (χ4v) is 2.32. The molecule has 130 valence electrons. The van der Waals surface area contributed by atoms with E-state index in [1.807, 2.05) is 0 Å². The summed E-state index contributed by atoms with van der Waals surface area (Å²) in [6, 6.07) is 7.36. The zero-order valence-electron chi connectivity index (χ0n) is 12.4. The number of carboxylic acids is 1. The molecule has 25 heavy (non-hydrogen) atoms. The van der Waals surface area contributed by atoms with Crippen LogP contribution in [-0.4, -0.2) is 23.3 Å². The van der Waals surface area contributed by atoms with Crippen LogP contribution in [0.5, 0.6) is 5.75 Å². The van der Waals surface area contributed by atoms with E-state index in [-0.39, 0.29) is 22.6 Å². The molecule has 0 bridgehead atoms. The third-order valence-electron chi connectivity index (χ3n) is 3.47. The molecule has 3 rings (SSSR count). The molecule has 0 atom stereocenters. The van der Waals surface area contributed by atoms with Crippen LogP contribution in [0.15, 0.2) is 36.4 Å². The molecule has 1 aliphatic rings. The van der Waals surface area contributed by atoms with E-state index in [4.69, 9.17) is 5.11 Å². The van der Waals surface area contributed by atoms with Gasteiger partial charge in [0.25, 0.3) is 5.91 Å². The lowest BCUT2D eigenvalue weighted by Crippen LogP contribution is -2.33. The molecule has 0 spiro atoms. The Labute approximate surface area is 138 Å². The van der Waals surface area contributed by atoms with Crippen LogP contribution in [0.2, 0.25) is 0 Å². The van der Waals surface area contributed by atoms with Crippen molar-refractivity contribution < 1.29 is 37.3 Å². The fraction of sp³-hybridized carbons (Fsp3) is 0.125. The SMILES string of the molecule is O=C(O)c1cccc(NC(=O)c2cccc3c2COC(F)(F)O3)c1F. The number of anilines is 1. The van der Waals surface area contributed by atoms with Crippen LogP contribution < -0.4 is 10.1 Å². The summed E-state index contributed by atoms with van der Waals surface area (Å²) < 4.78 is 48.8. The number of alkyl halides is 2. The molecule has 0 aliphatic carbocycles. The highest BCUT2D eigenvalue weighted by Crippen LogP contribution is 2.35. The zero-order valence-corrected chi connectivity index (χ0v) is 12.4. The van der Waals surface area contributed by atoms with E-state index in [9.17, 15) is 22.8 Å². The molecule has 1 amide bonds. The molecule has 0 radical (unpaired) electrons. The van der Waals surface area contributed by atoms with Crippen LogP contribution in [0.3, 0.4) is 0 Å². The number of carboxylic acid groups (broad SMARTS) is 1. The maximum atomic E-state index is 14.1. The lowest BCUT2D eigenvalue weighted by atomic mass is 10.1. The van der Waals surface area contributed by atoms with Gasteiger partial charge in [-0.1, -0.05) is 12.1 Å². The van der Waals surface area contributed by atoms with Crippen molar-refractivity contribution >= 4 is 17.6 Å². The van der Waals surface area contributed by atoms with Gasteiger partial charge in [0.1, 0.15) is 5.75 Å². The van der Waals surface area contributed by atoms with Gasteiger partial charge in [-0.05, 0) is 24.3 Å². The van der Waals surface area contributed by atoms with E-state index in [0.29, 0.717) is 0 Å². The molecule has 0 fully saturated rings. The highest BCUT2D eigenvalue weighted by Gasteiger charge is 2.39. The van der Waals surface area contributed by atoms with Gasteiger partial charge < -0.3 is 15.2 Å². The van der Waals surface area contributed by atoms with E-state index in [2.05, 4.69) is 14.8 Å². The minimum absolute atomic E-state index is 0.0619. The van der Waals surface area contributed by atoms with Gasteiger partial charge in [-0.25, -0.2) is 9.18 Å². The maximum Gasteiger partial charge on any atom is 0.535 e. The van der Waals surface area contributed by atoms with Crippen molar-refractivity contribution in [2.45, 2.75) is 12.9 Å². The smallest absolute Gasteiger partial charge is 0.478 e. The van der Waals surface area contributed by atoms with Crippen LogP contribution in [0.1, 0.15) is 26.3 Å². The molecule has 2 aromatic carbocycles. The molecule has 1 aliphatic heterocycles. The number of halogens is 3. The summed E-state index contributed by atoms with van der Waals surface area (Å²) in [5, 5.41) is 11.1. The Kier molecular flexibility index (Phi) is 4.09. The van der Waals surface area contributed by atoms with Crippen molar-refractivity contribution in [2.75, 3.05) is 5.32 Å². The van der Waals surface area contributed by atoms with Crippen molar-refractivity contribution in [3.8, 4) is 5.75 Å². The van der Waals surface area contributed by atoms with Gasteiger partial charge in [-0.15, -0.1) is 8.78 Å². The number of carbonyl (C=O) groups excluding carboxylic acids is 1. The van der Waals surface area contributed by atoms with Gasteiger partial charge in [-0.2, -0.15) is 0 Å². The normalized spacial score (nSPS) is 15.0. The molecular formula is C16H10F3NO5. The Hall–Kier alpha value is -3.07. The maximum absolute atomic E-state index is 14.1. The Morgan fingerprint density at radius 2 is 1.80 bits per heavy atom. The van der Waals surface area contributed by atoms with E-state index in [1.54, 1.807) is 0 Å². The molecule has 0 unspecified atom stereocenters. The van der Waals surface area contributed by atoms with Crippen LogP contribution in [-0.2, 0) is 11.3 Å². The molecule has 0 saturated carbocycles. The summed E-state index contributed by atoms with van der Waals surface area (Å²) in [6.45, 7) is -0.580. The first kappa shape index (κ1) is 16.8. The van der Waals surface area contributed by atoms with Crippen molar-refractivity contribution in [2.24, 2.45) is 0 Å². The number of amides is 1. The van der Waals surface area contributed by atoms with Crippen LogP contribution in [0.25, 0.3) is 0 Å². The standard InChI is InChI=1S/C16H10F3NO5/c17-13-9(15(22)23)4-1-5-11(13)20-14(21)8-3-2-6-12-10(8)7-24-16(18,19)25-12/h1-6H,7H2,(H,20,21)(H,22,23). The zero-order chi connectivity index (χ0) is 18.2. The van der Waals surface area contributed by atoms with E-state index in [0.717, 1.165) is 6.07 Å². The van der Waals surface area contributed by atoms with Crippen LogP contribution in [0.4, 0.5) is 18.9 Å². The summed E-state index contributed by atoms with van der Waals surface area (Å²) >= 11 is 0. The summed E-state index contributed by atoms with van der Waals surface area (Å²) in [7, 11) is 0. The van der Waals surface area contributed by atoms with Crippen LogP contribution in [0, 0.1) is 5.82 Å². The highest BCUT2D eigenvalue weighted by atomic mass is 19.3. The predicted octanol–water partition coefficient (Wildman–Crippen LogP) is 3.24. The number of rotatable bonds is 3. The Balaban J connectivity index is 1.91. The number of ether oxygens (including phenoxy) is 2. The lowest BCUT2D eigenvalue weighted by Gasteiger charge is -2.26. The average Bonchev–Trinajstić information content (AvgIpc) is 2.54. The molecule has 2 N–H and O–H groups in total. The van der Waals surface area contributed by atoms with Gasteiger partial charge in [0.05, 0.1) is 17.9 Å². The number of hydrogen-bond acceptors (Lipinski definition) is 4. The topological polar surface area (TPSA) is 84.9 Å². The molecule has 0 aromatic heterocycles. The van der Waals surface area contributed by atoms with Crippen molar-refractivity contribution in [3.63, 3.8) is 0 Å². The predicted molar refractivity (Wildman–Crippen MR) is 78.1 cm³/mol. The Morgan fingerprint density at radius 1 is 1.12 bits per heavy atom. The monoisotopic (exact) mass is 353 g/mol. The molecular weight excluding hydrogens is 343 g/mol. The van der Waals surface area contributed by atoms with E-state index in [1.165, 1.54) is 30.3 Å². The van der Waals surface area contributed by atoms with Crippen LogP contribution >= 0.6 is 0 Å². The number of nitrogens with one attached hydrogen (secondary N) is 1. The second kappa shape index (κ2) is 6.10. The first-order chi connectivity index (χ1) is 11.8. The van der Waals surface area contributed by atoms with Crippen molar-refractivity contribution in [1.29, 1.82) is 0 Å². The molecule has 6 nitrogen and oxygen atoms in total. The van der Waals surface area contributed by atoms with Gasteiger partial charge in [0, 0.05) is 11.1 Å². The highest BCUT2D eigenvalue weighted by molar-refractivity contribution is 6.06. The Morgan fingerprint density at radius 3 is 2.52 bits per heavy atom. The summed E-state index contributed by atoms with van der Waals surface area (Å²) in [5.74, 6) is -3.67. The van der Waals surface area contributed by atoms with Gasteiger partial charge in [0.15, 0.2) is 5.82 Å². The number of fused-ring (bicyclic) bond motifs is 1. The minimum Gasteiger partial charge on any atom is -0.478 e. The molecule has 2 aromatic rings. The lowest BCUT2D eigenvalue weighted by molar-refractivity contribution is -0.368. The summed E-state index contributed by atoms with van der Waals surface area (Å²) in [6.07, 6.45) is -3.80. The Bertz CT molecular complexity index is 869. The second-order valence-corrected chi connectivity index (χ2v) is 5.06. The van der Waals surface area contributed by atoms with Crippen molar-refractivity contribution in [3.05, 3.63) is 58.9 Å². The average molecular weight is 353 g/mol. The fourth-order valence-electron chi connectivity index (χ4n) is 2.32. The molecule has 1 heterocycles. The number of benzene rings is 2. The quantitative estimate of drug-likeness (QED) is 0.885. The molecule has 0 saturated heterocycles.